The summed E-state index contributed by atoms with van der Waals surface area (Å²) in [7, 11) is 4.04. The Balaban J connectivity index is 2.69. The first-order valence-electron chi connectivity index (χ1n) is 7.01. The molecule has 1 aliphatic rings. The summed E-state index contributed by atoms with van der Waals surface area (Å²) < 4.78 is 5.70. The molecule has 0 saturated heterocycles. The Morgan fingerprint density at radius 2 is 2.12 bits per heavy atom. The molecule has 3 heteroatoms. The second kappa shape index (κ2) is 6.72. The van der Waals surface area contributed by atoms with Gasteiger partial charge in [-0.1, -0.05) is 26.7 Å². The molecule has 0 aliphatic heterocycles. The normalized spacial score (nSPS) is 30.2. The fourth-order valence-electron chi connectivity index (χ4n) is 3.03. The van der Waals surface area contributed by atoms with E-state index in [0.29, 0.717) is 12.6 Å². The van der Waals surface area contributed by atoms with Gasteiger partial charge in [-0.15, -0.1) is 0 Å². The summed E-state index contributed by atoms with van der Waals surface area (Å²) in [5, 5.41) is 0. The Labute approximate surface area is 107 Å². The Hall–Kier alpha value is -0.120. The fourth-order valence-corrected chi connectivity index (χ4v) is 3.03. The van der Waals surface area contributed by atoms with Gasteiger partial charge < -0.3 is 10.5 Å². The molecule has 0 aromatic heterocycles. The van der Waals surface area contributed by atoms with Crippen LogP contribution in [0.2, 0.25) is 0 Å². The van der Waals surface area contributed by atoms with Crippen LogP contribution in [-0.4, -0.2) is 43.8 Å². The quantitative estimate of drug-likeness (QED) is 0.776. The summed E-state index contributed by atoms with van der Waals surface area (Å²) in [6.45, 7) is 6.38. The van der Waals surface area contributed by atoms with Gasteiger partial charge in [0.2, 0.25) is 0 Å². The van der Waals surface area contributed by atoms with Crippen LogP contribution in [0.5, 0.6) is 0 Å². The lowest BCUT2D eigenvalue weighted by Gasteiger charge is -2.49. The molecule has 17 heavy (non-hydrogen) atoms. The zero-order valence-corrected chi connectivity index (χ0v) is 12.0. The molecule has 102 valence electrons. The lowest BCUT2D eigenvalue weighted by Crippen LogP contribution is -2.62. The predicted molar refractivity (Wildman–Crippen MR) is 73.1 cm³/mol. The number of rotatable bonds is 6. The maximum atomic E-state index is 6.09. The first-order valence-corrected chi connectivity index (χ1v) is 7.01. The van der Waals surface area contributed by atoms with Crippen molar-refractivity contribution in [3.63, 3.8) is 0 Å². The second-order valence-electron chi connectivity index (χ2n) is 5.88. The van der Waals surface area contributed by atoms with E-state index in [1.165, 1.54) is 25.7 Å². The predicted octanol–water partition coefficient (Wildman–Crippen LogP) is 2.25. The van der Waals surface area contributed by atoms with E-state index in [4.69, 9.17) is 10.5 Å². The molecule has 0 spiro atoms. The van der Waals surface area contributed by atoms with Crippen molar-refractivity contribution >= 4 is 0 Å². The third kappa shape index (κ3) is 3.43. The molecular formula is C14H30N2O. The fraction of sp³-hybridized carbons (Fsp3) is 1.00. The first-order chi connectivity index (χ1) is 8.06. The van der Waals surface area contributed by atoms with Crippen molar-refractivity contribution in [1.82, 2.24) is 4.90 Å². The number of hydrogen-bond acceptors (Lipinski definition) is 3. The van der Waals surface area contributed by atoms with E-state index < -0.39 is 0 Å². The summed E-state index contributed by atoms with van der Waals surface area (Å²) in [6.07, 6.45) is 6.42. The van der Waals surface area contributed by atoms with Gasteiger partial charge >= 0.3 is 0 Å². The minimum atomic E-state index is 0.0713. The van der Waals surface area contributed by atoms with Crippen molar-refractivity contribution < 1.29 is 4.74 Å². The van der Waals surface area contributed by atoms with E-state index in [2.05, 4.69) is 25.8 Å². The van der Waals surface area contributed by atoms with E-state index in [1.807, 2.05) is 7.11 Å². The van der Waals surface area contributed by atoms with Gasteiger partial charge in [0.15, 0.2) is 0 Å². The van der Waals surface area contributed by atoms with Crippen molar-refractivity contribution in [3.8, 4) is 0 Å². The standard InChI is InChI=1S/C14H30N2O/c1-12(2)8-10-16(3)14(11-15)9-6-5-7-13(14)17-4/h12-13H,5-11,15H2,1-4H3. The highest BCUT2D eigenvalue weighted by Gasteiger charge is 2.42. The number of likely N-dealkylation sites (N-methyl/N-ethyl adjacent to an activating group) is 1. The molecule has 0 bridgehead atoms. The van der Waals surface area contributed by atoms with Crippen molar-refractivity contribution in [2.75, 3.05) is 27.2 Å². The number of nitrogens with zero attached hydrogens (tertiary/aromatic N) is 1. The smallest absolute Gasteiger partial charge is 0.0767 e. The zero-order chi connectivity index (χ0) is 12.9. The van der Waals surface area contributed by atoms with Gasteiger partial charge in [-0.25, -0.2) is 0 Å². The van der Waals surface area contributed by atoms with Crippen LogP contribution < -0.4 is 5.73 Å². The monoisotopic (exact) mass is 242 g/mol. The second-order valence-corrected chi connectivity index (χ2v) is 5.88. The molecule has 2 N–H and O–H groups in total. The topological polar surface area (TPSA) is 38.5 Å². The van der Waals surface area contributed by atoms with Gasteiger partial charge in [0.1, 0.15) is 0 Å². The molecule has 2 atom stereocenters. The highest BCUT2D eigenvalue weighted by Crippen LogP contribution is 2.34. The van der Waals surface area contributed by atoms with Crippen LogP contribution in [0.15, 0.2) is 0 Å². The third-order valence-corrected chi connectivity index (χ3v) is 4.37. The van der Waals surface area contributed by atoms with Gasteiger partial charge in [0, 0.05) is 13.7 Å². The summed E-state index contributed by atoms with van der Waals surface area (Å²) in [5.41, 5.74) is 6.16. The van der Waals surface area contributed by atoms with Crippen LogP contribution in [0.25, 0.3) is 0 Å². The minimum Gasteiger partial charge on any atom is -0.379 e. The molecule has 1 rings (SSSR count). The van der Waals surface area contributed by atoms with Crippen LogP contribution >= 0.6 is 0 Å². The van der Waals surface area contributed by atoms with Crippen LogP contribution in [0.4, 0.5) is 0 Å². The zero-order valence-electron chi connectivity index (χ0n) is 12.0. The van der Waals surface area contributed by atoms with E-state index in [9.17, 15) is 0 Å². The molecule has 0 aromatic carbocycles. The summed E-state index contributed by atoms with van der Waals surface area (Å²) in [6, 6.07) is 0. The van der Waals surface area contributed by atoms with Gasteiger partial charge in [0.05, 0.1) is 11.6 Å². The Bertz CT molecular complexity index is 220. The van der Waals surface area contributed by atoms with Gasteiger partial charge in [-0.2, -0.15) is 0 Å². The first kappa shape index (κ1) is 14.9. The molecule has 1 aliphatic carbocycles. The lowest BCUT2D eigenvalue weighted by atomic mass is 9.77. The van der Waals surface area contributed by atoms with Crippen molar-refractivity contribution in [1.29, 1.82) is 0 Å². The molecule has 0 aromatic rings. The number of methoxy groups -OCH3 is 1. The van der Waals surface area contributed by atoms with Crippen molar-refractivity contribution in [3.05, 3.63) is 0 Å². The maximum Gasteiger partial charge on any atom is 0.0767 e. The van der Waals surface area contributed by atoms with Gasteiger partial charge in [-0.05, 0) is 38.8 Å². The molecule has 0 radical (unpaired) electrons. The average molecular weight is 242 g/mol. The van der Waals surface area contributed by atoms with Crippen LogP contribution in [-0.2, 0) is 4.74 Å². The minimum absolute atomic E-state index is 0.0713. The summed E-state index contributed by atoms with van der Waals surface area (Å²) in [4.78, 5) is 2.46. The Kier molecular flexibility index (Phi) is 5.90. The van der Waals surface area contributed by atoms with E-state index in [-0.39, 0.29) is 5.54 Å². The largest absolute Gasteiger partial charge is 0.379 e. The summed E-state index contributed by atoms with van der Waals surface area (Å²) in [5.74, 6) is 0.747. The summed E-state index contributed by atoms with van der Waals surface area (Å²) >= 11 is 0. The van der Waals surface area contributed by atoms with E-state index >= 15 is 0 Å². The average Bonchev–Trinajstić information content (AvgIpc) is 2.35. The van der Waals surface area contributed by atoms with Crippen LogP contribution in [0.1, 0.15) is 46.0 Å². The molecule has 1 saturated carbocycles. The Morgan fingerprint density at radius 1 is 1.41 bits per heavy atom. The molecule has 3 nitrogen and oxygen atoms in total. The molecular weight excluding hydrogens is 212 g/mol. The number of nitrogens with two attached hydrogens (primary N) is 1. The third-order valence-electron chi connectivity index (χ3n) is 4.37. The SMILES string of the molecule is COC1CCCCC1(CN)N(C)CCC(C)C. The molecule has 1 fully saturated rings. The number of hydrogen-bond donors (Lipinski definition) is 1. The van der Waals surface area contributed by atoms with Crippen molar-refractivity contribution in [2.45, 2.75) is 57.6 Å². The Morgan fingerprint density at radius 3 is 2.65 bits per heavy atom. The lowest BCUT2D eigenvalue weighted by molar-refractivity contribution is -0.0666. The van der Waals surface area contributed by atoms with Crippen LogP contribution in [0.3, 0.4) is 0 Å². The van der Waals surface area contributed by atoms with Gasteiger partial charge in [0.25, 0.3) is 0 Å². The highest BCUT2D eigenvalue weighted by atomic mass is 16.5. The number of ether oxygens (including phenoxy) is 1. The maximum absolute atomic E-state index is 6.09. The highest BCUT2D eigenvalue weighted by molar-refractivity contribution is 5.00. The van der Waals surface area contributed by atoms with Gasteiger partial charge in [-0.3, -0.25) is 4.90 Å². The molecule has 2 unspecified atom stereocenters. The van der Waals surface area contributed by atoms with Crippen molar-refractivity contribution in [2.24, 2.45) is 11.7 Å². The van der Waals surface area contributed by atoms with E-state index in [1.54, 1.807) is 0 Å². The molecule has 0 heterocycles. The van der Waals surface area contributed by atoms with Crippen LogP contribution in [0, 0.1) is 5.92 Å². The molecule has 0 amide bonds. The van der Waals surface area contributed by atoms with E-state index in [0.717, 1.165) is 18.9 Å².